The van der Waals surface area contributed by atoms with Crippen molar-refractivity contribution in [2.24, 2.45) is 5.41 Å². The third-order valence-corrected chi connectivity index (χ3v) is 5.41. The largest absolute Gasteiger partial charge is 0.459 e. The number of hydrogen-bond donors (Lipinski definition) is 0. The minimum absolute atomic E-state index is 0.0104. The van der Waals surface area contributed by atoms with Crippen molar-refractivity contribution in [3.8, 4) is 11.5 Å². The number of carbonyl (C=O) groups is 4. The third-order valence-electron chi connectivity index (χ3n) is 5.41. The van der Waals surface area contributed by atoms with Gasteiger partial charge in [0.2, 0.25) is 13.2 Å². The zero-order valence-electron chi connectivity index (χ0n) is 17.0. The minimum Gasteiger partial charge on any atom is -0.459 e. The Hall–Kier alpha value is -2.90. The first-order chi connectivity index (χ1) is 13.6. The predicted molar refractivity (Wildman–Crippen MR) is 101 cm³/mol. The Bertz CT molecular complexity index is 844. The standard InChI is InChI=1S/C21H25NO7/c1-13(25)7-17-21(10-23,14-5-6-15-16(8-14)28-12-27-15)18(9-22(17)11-24)29-19(26)20(2,3)4/h5-6,8,10-11,17-18H,7,9,12H2,1-4H3/t17-,18-,21-/m0/s1. The lowest BCUT2D eigenvalue weighted by Crippen LogP contribution is -2.50. The lowest BCUT2D eigenvalue weighted by Gasteiger charge is -2.36. The molecule has 0 spiro atoms. The zero-order chi connectivity index (χ0) is 21.4. The highest BCUT2D eigenvalue weighted by molar-refractivity contribution is 5.83. The number of rotatable bonds is 6. The van der Waals surface area contributed by atoms with Crippen molar-refractivity contribution in [2.75, 3.05) is 13.3 Å². The van der Waals surface area contributed by atoms with E-state index in [1.54, 1.807) is 39.0 Å². The van der Waals surface area contributed by atoms with Crippen LogP contribution in [0.5, 0.6) is 11.5 Å². The summed E-state index contributed by atoms with van der Waals surface area (Å²) in [6.45, 7) is 6.59. The molecule has 8 heteroatoms. The molecule has 0 aromatic heterocycles. The van der Waals surface area contributed by atoms with Gasteiger partial charge in [0.25, 0.3) is 0 Å². The Morgan fingerprint density at radius 3 is 2.52 bits per heavy atom. The molecular formula is C21H25NO7. The number of likely N-dealkylation sites (tertiary alicyclic amines) is 1. The SMILES string of the molecule is CC(=O)C[C@@H]1N(C=O)C[C@H](OC(=O)C(C)(C)C)[C@@]1(C=O)c1ccc2c(c1)OCO2. The van der Waals surface area contributed by atoms with Gasteiger partial charge < -0.3 is 23.9 Å². The number of aldehydes is 1. The second-order valence-corrected chi connectivity index (χ2v) is 8.49. The van der Waals surface area contributed by atoms with Crippen molar-refractivity contribution in [3.63, 3.8) is 0 Å². The molecular weight excluding hydrogens is 378 g/mol. The molecule has 1 fully saturated rings. The molecule has 0 N–H and O–H groups in total. The fraction of sp³-hybridized carbons (Fsp3) is 0.524. The van der Waals surface area contributed by atoms with Gasteiger partial charge in [-0.15, -0.1) is 0 Å². The quantitative estimate of drug-likeness (QED) is 0.526. The monoisotopic (exact) mass is 403 g/mol. The fourth-order valence-corrected chi connectivity index (χ4v) is 3.84. The molecule has 2 heterocycles. The average Bonchev–Trinajstić information content (AvgIpc) is 3.23. The highest BCUT2D eigenvalue weighted by Gasteiger charge is 2.58. The highest BCUT2D eigenvalue weighted by atomic mass is 16.7. The molecule has 3 rings (SSSR count). The van der Waals surface area contributed by atoms with Gasteiger partial charge in [-0.05, 0) is 45.4 Å². The molecule has 1 aromatic carbocycles. The number of esters is 1. The fourth-order valence-electron chi connectivity index (χ4n) is 3.84. The van der Waals surface area contributed by atoms with Gasteiger partial charge in [-0.1, -0.05) is 6.07 Å². The molecule has 0 saturated carbocycles. The van der Waals surface area contributed by atoms with Gasteiger partial charge in [-0.25, -0.2) is 0 Å². The number of ether oxygens (including phenoxy) is 3. The molecule has 1 amide bonds. The molecule has 156 valence electrons. The van der Waals surface area contributed by atoms with Crippen molar-refractivity contribution >= 4 is 24.4 Å². The lowest BCUT2D eigenvalue weighted by atomic mass is 9.72. The Morgan fingerprint density at radius 2 is 1.93 bits per heavy atom. The number of nitrogens with zero attached hydrogens (tertiary/aromatic N) is 1. The maximum absolute atomic E-state index is 12.6. The van der Waals surface area contributed by atoms with Crippen LogP contribution >= 0.6 is 0 Å². The maximum Gasteiger partial charge on any atom is 0.311 e. The zero-order valence-corrected chi connectivity index (χ0v) is 17.0. The number of benzene rings is 1. The van der Waals surface area contributed by atoms with E-state index >= 15 is 0 Å². The average molecular weight is 403 g/mol. The van der Waals surface area contributed by atoms with Gasteiger partial charge in [0.15, 0.2) is 11.5 Å². The van der Waals surface area contributed by atoms with E-state index in [1.807, 2.05) is 0 Å². The third kappa shape index (κ3) is 3.59. The van der Waals surface area contributed by atoms with Crippen LogP contribution in [0.4, 0.5) is 0 Å². The summed E-state index contributed by atoms with van der Waals surface area (Å²) in [5, 5.41) is 0. The Balaban J connectivity index is 2.13. The van der Waals surface area contributed by atoms with E-state index in [0.29, 0.717) is 29.8 Å². The Kier molecular flexibility index (Phi) is 5.38. The number of Topliss-reactive ketones (excluding diaryl/α,β-unsaturated/α-hetero) is 1. The van der Waals surface area contributed by atoms with Gasteiger partial charge in [-0.3, -0.25) is 14.4 Å². The summed E-state index contributed by atoms with van der Waals surface area (Å²) in [6, 6.07) is 4.21. The van der Waals surface area contributed by atoms with Crippen LogP contribution in [0.2, 0.25) is 0 Å². The molecule has 29 heavy (non-hydrogen) atoms. The number of carbonyl (C=O) groups excluding carboxylic acids is 4. The number of fused-ring (bicyclic) bond motifs is 1. The molecule has 1 aromatic rings. The van der Waals surface area contributed by atoms with Gasteiger partial charge in [0.05, 0.1) is 18.0 Å². The molecule has 3 atom stereocenters. The van der Waals surface area contributed by atoms with Crippen LogP contribution < -0.4 is 9.47 Å². The first kappa shape index (κ1) is 20.8. The molecule has 2 aliphatic rings. The molecule has 0 aliphatic carbocycles. The van der Waals surface area contributed by atoms with E-state index in [2.05, 4.69) is 0 Å². The second-order valence-electron chi connectivity index (χ2n) is 8.49. The number of amides is 1. The maximum atomic E-state index is 12.6. The molecule has 0 unspecified atom stereocenters. The summed E-state index contributed by atoms with van der Waals surface area (Å²) in [5.74, 6) is 0.308. The molecule has 1 saturated heterocycles. The number of ketones is 1. The number of hydrogen-bond acceptors (Lipinski definition) is 7. The van der Waals surface area contributed by atoms with Gasteiger partial charge in [0, 0.05) is 6.42 Å². The van der Waals surface area contributed by atoms with Crippen LogP contribution in [0.25, 0.3) is 0 Å². The van der Waals surface area contributed by atoms with Crippen molar-refractivity contribution in [1.82, 2.24) is 4.90 Å². The van der Waals surface area contributed by atoms with Crippen molar-refractivity contribution in [1.29, 1.82) is 0 Å². The summed E-state index contributed by atoms with van der Waals surface area (Å²) in [7, 11) is 0. The lowest BCUT2D eigenvalue weighted by molar-refractivity contribution is -0.161. The Labute approximate surface area is 169 Å². The highest BCUT2D eigenvalue weighted by Crippen LogP contribution is 2.45. The molecule has 2 aliphatic heterocycles. The van der Waals surface area contributed by atoms with E-state index in [9.17, 15) is 19.2 Å². The summed E-state index contributed by atoms with van der Waals surface area (Å²) >= 11 is 0. The van der Waals surface area contributed by atoms with E-state index in [0.717, 1.165) is 0 Å². The Morgan fingerprint density at radius 1 is 1.24 bits per heavy atom. The van der Waals surface area contributed by atoms with E-state index in [-0.39, 0.29) is 25.5 Å². The summed E-state index contributed by atoms with van der Waals surface area (Å²) in [6.07, 6.45) is 0.281. The minimum atomic E-state index is -1.41. The topological polar surface area (TPSA) is 99.2 Å². The van der Waals surface area contributed by atoms with Crippen LogP contribution in [0.3, 0.4) is 0 Å². The van der Waals surface area contributed by atoms with Gasteiger partial charge >= 0.3 is 5.97 Å². The molecule has 8 nitrogen and oxygen atoms in total. The van der Waals surface area contributed by atoms with Crippen molar-refractivity contribution in [3.05, 3.63) is 23.8 Å². The van der Waals surface area contributed by atoms with Gasteiger partial charge in [0.1, 0.15) is 23.6 Å². The normalized spacial score (nSPS) is 25.6. The van der Waals surface area contributed by atoms with E-state index in [1.165, 1.54) is 11.8 Å². The second kappa shape index (κ2) is 7.50. The van der Waals surface area contributed by atoms with Crippen LogP contribution in [-0.2, 0) is 29.3 Å². The van der Waals surface area contributed by atoms with Crippen LogP contribution in [0, 0.1) is 5.41 Å². The van der Waals surface area contributed by atoms with Crippen molar-refractivity contribution in [2.45, 2.75) is 51.7 Å². The molecule has 0 bridgehead atoms. The van der Waals surface area contributed by atoms with E-state index < -0.39 is 28.9 Å². The van der Waals surface area contributed by atoms with Gasteiger partial charge in [-0.2, -0.15) is 0 Å². The summed E-state index contributed by atoms with van der Waals surface area (Å²) < 4.78 is 16.5. The molecule has 0 radical (unpaired) electrons. The van der Waals surface area contributed by atoms with Crippen LogP contribution in [0.15, 0.2) is 18.2 Å². The smallest absolute Gasteiger partial charge is 0.311 e. The van der Waals surface area contributed by atoms with E-state index in [4.69, 9.17) is 14.2 Å². The summed E-state index contributed by atoms with van der Waals surface area (Å²) in [4.78, 5) is 50.3. The first-order valence-corrected chi connectivity index (χ1v) is 9.41. The van der Waals surface area contributed by atoms with Crippen molar-refractivity contribution < 1.29 is 33.4 Å². The van der Waals surface area contributed by atoms with Crippen LogP contribution in [-0.4, -0.2) is 54.8 Å². The van der Waals surface area contributed by atoms with Crippen LogP contribution in [0.1, 0.15) is 39.7 Å². The predicted octanol–water partition coefficient (Wildman–Crippen LogP) is 1.63. The first-order valence-electron chi connectivity index (χ1n) is 9.41. The summed E-state index contributed by atoms with van der Waals surface area (Å²) in [5.41, 5.74) is -1.71.